The summed E-state index contributed by atoms with van der Waals surface area (Å²) in [5, 5.41) is 22.4. The Bertz CT molecular complexity index is 797. The molecule has 4 aliphatic rings. The van der Waals surface area contributed by atoms with Crippen molar-refractivity contribution in [3.8, 4) is 0 Å². The first-order valence-electron chi connectivity index (χ1n) is 11.3. The Kier molecular flexibility index (Phi) is 4.17. The second-order valence-corrected chi connectivity index (χ2v) is 10.8. The van der Waals surface area contributed by atoms with Gasteiger partial charge in [-0.2, -0.15) is 0 Å². The van der Waals surface area contributed by atoms with E-state index in [0.717, 1.165) is 56.9 Å². The molecule has 7 unspecified atom stereocenters. The van der Waals surface area contributed by atoms with Gasteiger partial charge in [-0.25, -0.2) is 4.79 Å². The number of hydrogen-bond acceptors (Lipinski definition) is 4. The molecule has 0 bridgehead atoms. The highest BCUT2D eigenvalue weighted by Gasteiger charge is 2.67. The van der Waals surface area contributed by atoms with Gasteiger partial charge in [0.15, 0.2) is 0 Å². The van der Waals surface area contributed by atoms with E-state index in [0.29, 0.717) is 17.8 Å². The molecule has 4 saturated carbocycles. The smallest absolute Gasteiger partial charge is 0.335 e. The lowest BCUT2D eigenvalue weighted by Crippen LogP contribution is -2.62. The maximum atomic E-state index is 12.2. The van der Waals surface area contributed by atoms with Crippen molar-refractivity contribution in [1.82, 2.24) is 0 Å². The van der Waals surface area contributed by atoms with Gasteiger partial charge in [0.2, 0.25) is 0 Å². The number of aliphatic hydroxyl groups is 2. The number of hydrogen-bond donors (Lipinski definition) is 2. The highest BCUT2D eigenvalue weighted by Crippen LogP contribution is 2.70. The maximum Gasteiger partial charge on any atom is 0.335 e. The lowest BCUT2D eigenvalue weighted by Gasteiger charge is -2.63. The summed E-state index contributed by atoms with van der Waals surface area (Å²) in [5.74, 6) is 1.76. The zero-order chi connectivity index (χ0) is 19.7. The first-order valence-corrected chi connectivity index (χ1v) is 11.3. The fourth-order valence-corrected chi connectivity index (χ4v) is 8.30. The summed E-state index contributed by atoms with van der Waals surface area (Å²) >= 11 is 0. The average molecular weight is 387 g/mol. The van der Waals surface area contributed by atoms with Crippen LogP contribution in [0, 0.1) is 28.6 Å². The summed E-state index contributed by atoms with van der Waals surface area (Å²) in [6.45, 7) is 4.73. The lowest BCUT2D eigenvalue weighted by molar-refractivity contribution is -0.205. The molecule has 2 N–H and O–H groups in total. The molecule has 0 saturated heterocycles. The third-order valence-corrected chi connectivity index (χ3v) is 9.95. The zero-order valence-electron chi connectivity index (χ0n) is 17.2. The van der Waals surface area contributed by atoms with Gasteiger partial charge in [0.25, 0.3) is 0 Å². The molecule has 4 nitrogen and oxygen atoms in total. The van der Waals surface area contributed by atoms with Crippen LogP contribution in [-0.2, 0) is 0 Å². The number of fused-ring (bicyclic) bond motifs is 5. The summed E-state index contributed by atoms with van der Waals surface area (Å²) in [6, 6.07) is 3.42. The minimum absolute atomic E-state index is 0.129. The van der Waals surface area contributed by atoms with Crippen molar-refractivity contribution < 1.29 is 14.6 Å². The molecule has 1 aromatic rings. The van der Waals surface area contributed by atoms with Crippen molar-refractivity contribution in [3.05, 3.63) is 34.4 Å². The molecule has 4 aliphatic carbocycles. The van der Waals surface area contributed by atoms with E-state index in [1.807, 2.05) is 6.07 Å². The standard InChI is InChI=1S/C24H34O4/c1-22-10-7-17(25)13-16(22)4-5-20-19(22)8-11-23(2)18(9-12-24(20,23)27)15-3-6-21(26)28-14-15/h3,6,14,16-20,25,27H,4-5,7-13H2,1-2H3/t16?,17?,18?,19-,20?,22?,23?,24?/m0/s1. The summed E-state index contributed by atoms with van der Waals surface area (Å²) in [6.07, 6.45) is 10.7. The molecule has 1 aromatic heterocycles. The Balaban J connectivity index is 1.48. The van der Waals surface area contributed by atoms with Crippen LogP contribution >= 0.6 is 0 Å². The molecule has 0 spiro atoms. The van der Waals surface area contributed by atoms with Crippen LogP contribution < -0.4 is 5.63 Å². The summed E-state index contributed by atoms with van der Waals surface area (Å²) in [7, 11) is 0. The van der Waals surface area contributed by atoms with Crippen molar-refractivity contribution in [1.29, 1.82) is 0 Å². The van der Waals surface area contributed by atoms with Crippen molar-refractivity contribution in [3.63, 3.8) is 0 Å². The van der Waals surface area contributed by atoms with Gasteiger partial charge in [-0.1, -0.05) is 13.8 Å². The normalized spacial score (nSPS) is 50.5. The third kappa shape index (κ3) is 2.40. The van der Waals surface area contributed by atoms with Crippen LogP contribution in [0.2, 0.25) is 0 Å². The summed E-state index contributed by atoms with van der Waals surface area (Å²) in [5.41, 5.74) is 0.219. The predicted octanol–water partition coefficient (Wildman–Crippen LogP) is 4.24. The van der Waals surface area contributed by atoms with Crippen LogP contribution in [0.15, 0.2) is 27.6 Å². The summed E-state index contributed by atoms with van der Waals surface area (Å²) < 4.78 is 5.17. The van der Waals surface area contributed by atoms with Gasteiger partial charge in [-0.3, -0.25) is 0 Å². The Labute approximate surface area is 167 Å². The molecule has 0 aliphatic heterocycles. The van der Waals surface area contributed by atoms with E-state index in [1.54, 1.807) is 6.26 Å². The quantitative estimate of drug-likeness (QED) is 0.757. The topological polar surface area (TPSA) is 70.7 Å². The van der Waals surface area contributed by atoms with E-state index in [4.69, 9.17) is 4.42 Å². The van der Waals surface area contributed by atoms with E-state index >= 15 is 0 Å². The van der Waals surface area contributed by atoms with Crippen LogP contribution in [0.5, 0.6) is 0 Å². The van der Waals surface area contributed by atoms with E-state index in [2.05, 4.69) is 13.8 Å². The van der Waals surface area contributed by atoms with Crippen molar-refractivity contribution >= 4 is 0 Å². The predicted molar refractivity (Wildman–Crippen MR) is 107 cm³/mol. The van der Waals surface area contributed by atoms with Gasteiger partial charge in [0.1, 0.15) is 0 Å². The third-order valence-electron chi connectivity index (χ3n) is 9.95. The first kappa shape index (κ1) is 18.9. The highest BCUT2D eigenvalue weighted by molar-refractivity contribution is 5.27. The first-order chi connectivity index (χ1) is 13.3. The van der Waals surface area contributed by atoms with Crippen LogP contribution in [0.4, 0.5) is 0 Å². The lowest BCUT2D eigenvalue weighted by atomic mass is 9.43. The molecule has 0 amide bonds. The average Bonchev–Trinajstić information content (AvgIpc) is 2.95. The van der Waals surface area contributed by atoms with Crippen molar-refractivity contribution in [2.45, 2.75) is 89.3 Å². The Morgan fingerprint density at radius 2 is 1.82 bits per heavy atom. The second kappa shape index (κ2) is 6.18. The van der Waals surface area contributed by atoms with Gasteiger partial charge in [0.05, 0.1) is 18.0 Å². The van der Waals surface area contributed by atoms with Gasteiger partial charge in [-0.05, 0) is 98.5 Å². The minimum atomic E-state index is -0.638. The van der Waals surface area contributed by atoms with E-state index in [1.165, 1.54) is 12.5 Å². The largest absolute Gasteiger partial charge is 0.431 e. The molecule has 4 heteroatoms. The highest BCUT2D eigenvalue weighted by atomic mass is 16.4. The fraction of sp³-hybridized carbons (Fsp3) is 0.792. The van der Waals surface area contributed by atoms with Crippen LogP contribution in [0.25, 0.3) is 0 Å². The molecule has 4 fully saturated rings. The van der Waals surface area contributed by atoms with Crippen LogP contribution in [0.3, 0.4) is 0 Å². The monoisotopic (exact) mass is 386 g/mol. The zero-order valence-corrected chi connectivity index (χ0v) is 17.2. The van der Waals surface area contributed by atoms with Gasteiger partial charge in [-0.15, -0.1) is 0 Å². The second-order valence-electron chi connectivity index (χ2n) is 10.8. The molecule has 0 aromatic carbocycles. The maximum absolute atomic E-state index is 12.2. The van der Waals surface area contributed by atoms with E-state index in [-0.39, 0.29) is 28.5 Å². The van der Waals surface area contributed by atoms with Crippen molar-refractivity contribution in [2.24, 2.45) is 28.6 Å². The molecule has 28 heavy (non-hydrogen) atoms. The molecular formula is C24H34O4. The summed E-state index contributed by atoms with van der Waals surface area (Å²) in [4.78, 5) is 11.4. The Morgan fingerprint density at radius 1 is 1.00 bits per heavy atom. The van der Waals surface area contributed by atoms with Crippen molar-refractivity contribution in [2.75, 3.05) is 0 Å². The molecule has 8 atom stereocenters. The fourth-order valence-electron chi connectivity index (χ4n) is 8.30. The molecular weight excluding hydrogens is 352 g/mol. The molecule has 0 radical (unpaired) electrons. The SMILES string of the molecule is CC12CCC(O)CC1CCC1[C@@H]2CCC2(C)C(c3ccc(=O)oc3)CCC12O. The van der Waals surface area contributed by atoms with Gasteiger partial charge in [0, 0.05) is 11.5 Å². The van der Waals surface area contributed by atoms with Gasteiger partial charge >= 0.3 is 5.63 Å². The van der Waals surface area contributed by atoms with E-state index < -0.39 is 5.60 Å². The van der Waals surface area contributed by atoms with Crippen LogP contribution in [-0.4, -0.2) is 21.9 Å². The Hall–Kier alpha value is -1.13. The van der Waals surface area contributed by atoms with E-state index in [9.17, 15) is 15.0 Å². The van der Waals surface area contributed by atoms with Crippen LogP contribution in [0.1, 0.15) is 83.1 Å². The molecule has 5 rings (SSSR count). The molecule has 1 heterocycles. The minimum Gasteiger partial charge on any atom is -0.431 e. The number of rotatable bonds is 1. The molecule has 154 valence electrons. The number of aliphatic hydroxyl groups excluding tert-OH is 1. The Morgan fingerprint density at radius 3 is 2.57 bits per heavy atom. The van der Waals surface area contributed by atoms with Gasteiger partial charge < -0.3 is 14.6 Å².